The number of rotatable bonds is 6. The number of aryl methyl sites for hydroxylation is 2. The predicted molar refractivity (Wildman–Crippen MR) is 72.1 cm³/mol. The molecule has 0 fully saturated rings. The van der Waals surface area contributed by atoms with E-state index in [9.17, 15) is 4.79 Å². The first-order valence-corrected chi connectivity index (χ1v) is 6.79. The standard InChI is InChI=1S/C13H19N5O2/c1-4-6-9-7-11(17-16-9)12(19)15-10(5-2)13-14-8(3)18-20-13/h7,10H,4-6H2,1-3H3,(H,15,19)(H,16,17). The number of hydrogen-bond acceptors (Lipinski definition) is 5. The summed E-state index contributed by atoms with van der Waals surface area (Å²) in [4.78, 5) is 16.3. The lowest BCUT2D eigenvalue weighted by Crippen LogP contribution is -2.28. The summed E-state index contributed by atoms with van der Waals surface area (Å²) in [6.45, 7) is 5.76. The van der Waals surface area contributed by atoms with Gasteiger partial charge in [0, 0.05) is 5.69 Å². The molecular formula is C13H19N5O2. The van der Waals surface area contributed by atoms with Crippen LogP contribution in [0.2, 0.25) is 0 Å². The lowest BCUT2D eigenvalue weighted by atomic mass is 10.2. The van der Waals surface area contributed by atoms with Crippen LogP contribution in [0.1, 0.15) is 60.6 Å². The Bertz CT molecular complexity index is 575. The average Bonchev–Trinajstić information content (AvgIpc) is 3.05. The van der Waals surface area contributed by atoms with Crippen LogP contribution >= 0.6 is 0 Å². The van der Waals surface area contributed by atoms with Crippen molar-refractivity contribution >= 4 is 5.91 Å². The smallest absolute Gasteiger partial charge is 0.272 e. The van der Waals surface area contributed by atoms with Crippen LogP contribution in [0.3, 0.4) is 0 Å². The number of aromatic nitrogens is 4. The molecule has 0 saturated carbocycles. The Morgan fingerprint density at radius 3 is 2.90 bits per heavy atom. The minimum Gasteiger partial charge on any atom is -0.339 e. The molecule has 2 N–H and O–H groups in total. The van der Waals surface area contributed by atoms with E-state index in [-0.39, 0.29) is 11.9 Å². The molecule has 1 amide bonds. The number of carbonyl (C=O) groups excluding carboxylic acids is 1. The fraction of sp³-hybridized carbons (Fsp3) is 0.538. The molecule has 0 bridgehead atoms. The van der Waals surface area contributed by atoms with Gasteiger partial charge in [-0.05, 0) is 25.8 Å². The van der Waals surface area contributed by atoms with Gasteiger partial charge in [-0.3, -0.25) is 9.89 Å². The van der Waals surface area contributed by atoms with Gasteiger partial charge in [-0.2, -0.15) is 10.1 Å². The molecule has 108 valence electrons. The molecule has 2 rings (SSSR count). The molecule has 0 aliphatic heterocycles. The topological polar surface area (TPSA) is 96.7 Å². The molecule has 0 aliphatic carbocycles. The fourth-order valence-corrected chi connectivity index (χ4v) is 1.90. The van der Waals surface area contributed by atoms with Crippen molar-refractivity contribution in [3.63, 3.8) is 0 Å². The van der Waals surface area contributed by atoms with Crippen LogP contribution in [0.5, 0.6) is 0 Å². The maximum Gasteiger partial charge on any atom is 0.272 e. The highest BCUT2D eigenvalue weighted by Crippen LogP contribution is 2.15. The summed E-state index contributed by atoms with van der Waals surface area (Å²) in [6, 6.07) is 1.47. The Morgan fingerprint density at radius 1 is 1.50 bits per heavy atom. The summed E-state index contributed by atoms with van der Waals surface area (Å²) in [6.07, 6.45) is 2.54. The third-order valence-corrected chi connectivity index (χ3v) is 2.94. The van der Waals surface area contributed by atoms with Gasteiger partial charge in [0.25, 0.3) is 5.91 Å². The highest BCUT2D eigenvalue weighted by Gasteiger charge is 2.20. The van der Waals surface area contributed by atoms with Crippen molar-refractivity contribution in [2.45, 2.75) is 46.1 Å². The third-order valence-electron chi connectivity index (χ3n) is 2.94. The quantitative estimate of drug-likeness (QED) is 0.841. The van der Waals surface area contributed by atoms with Crippen LogP contribution in [-0.2, 0) is 6.42 Å². The van der Waals surface area contributed by atoms with Crippen molar-refractivity contribution < 1.29 is 9.32 Å². The van der Waals surface area contributed by atoms with Crippen LogP contribution < -0.4 is 5.32 Å². The van der Waals surface area contributed by atoms with Gasteiger partial charge in [0.1, 0.15) is 11.7 Å². The Hall–Kier alpha value is -2.18. The molecule has 7 heteroatoms. The van der Waals surface area contributed by atoms with Crippen molar-refractivity contribution in [1.82, 2.24) is 25.7 Å². The molecule has 0 aromatic carbocycles. The lowest BCUT2D eigenvalue weighted by molar-refractivity contribution is 0.0922. The van der Waals surface area contributed by atoms with E-state index in [1.165, 1.54) is 0 Å². The van der Waals surface area contributed by atoms with Crippen LogP contribution in [0.15, 0.2) is 10.6 Å². The van der Waals surface area contributed by atoms with Crippen LogP contribution in [-0.4, -0.2) is 26.2 Å². The number of hydrogen-bond donors (Lipinski definition) is 2. The molecule has 7 nitrogen and oxygen atoms in total. The van der Waals surface area contributed by atoms with Gasteiger partial charge in [0.2, 0.25) is 5.89 Å². The molecule has 1 unspecified atom stereocenters. The SMILES string of the molecule is CCCc1cc(C(=O)NC(CC)c2nc(C)no2)n[nH]1. The largest absolute Gasteiger partial charge is 0.339 e. The normalized spacial score (nSPS) is 12.3. The number of aromatic amines is 1. The zero-order chi connectivity index (χ0) is 14.5. The van der Waals surface area contributed by atoms with Crippen molar-refractivity contribution in [2.24, 2.45) is 0 Å². The molecular weight excluding hydrogens is 258 g/mol. The zero-order valence-electron chi connectivity index (χ0n) is 11.9. The predicted octanol–water partition coefficient (Wildman–Crippen LogP) is 1.93. The van der Waals surface area contributed by atoms with E-state index in [1.54, 1.807) is 13.0 Å². The maximum absolute atomic E-state index is 12.1. The van der Waals surface area contributed by atoms with E-state index < -0.39 is 0 Å². The number of amides is 1. The van der Waals surface area contributed by atoms with Gasteiger partial charge in [0.15, 0.2) is 5.82 Å². The van der Waals surface area contributed by atoms with E-state index in [2.05, 4.69) is 32.6 Å². The molecule has 1 atom stereocenters. The summed E-state index contributed by atoms with van der Waals surface area (Å²) >= 11 is 0. The van der Waals surface area contributed by atoms with Gasteiger partial charge in [-0.1, -0.05) is 25.4 Å². The van der Waals surface area contributed by atoms with E-state index in [0.717, 1.165) is 18.5 Å². The Kier molecular flexibility index (Phi) is 4.49. The second-order valence-corrected chi connectivity index (χ2v) is 4.64. The van der Waals surface area contributed by atoms with E-state index >= 15 is 0 Å². The highest BCUT2D eigenvalue weighted by atomic mass is 16.5. The first-order valence-electron chi connectivity index (χ1n) is 6.79. The second-order valence-electron chi connectivity index (χ2n) is 4.64. The average molecular weight is 277 g/mol. The molecule has 0 radical (unpaired) electrons. The summed E-state index contributed by atoms with van der Waals surface area (Å²) in [5.41, 5.74) is 1.34. The second kappa shape index (κ2) is 6.31. The van der Waals surface area contributed by atoms with E-state index in [1.807, 2.05) is 6.92 Å². The summed E-state index contributed by atoms with van der Waals surface area (Å²) in [5, 5.41) is 13.5. The molecule has 2 aromatic rings. The van der Waals surface area contributed by atoms with Crippen molar-refractivity contribution in [1.29, 1.82) is 0 Å². The Morgan fingerprint density at radius 2 is 2.30 bits per heavy atom. The Labute approximate surface area is 117 Å². The van der Waals surface area contributed by atoms with Crippen molar-refractivity contribution in [3.05, 3.63) is 29.2 Å². The molecule has 0 spiro atoms. The van der Waals surface area contributed by atoms with Gasteiger partial charge < -0.3 is 9.84 Å². The summed E-state index contributed by atoms with van der Waals surface area (Å²) in [5.74, 6) is 0.728. The number of nitrogens with zero attached hydrogens (tertiary/aromatic N) is 3. The lowest BCUT2D eigenvalue weighted by Gasteiger charge is -2.11. The molecule has 20 heavy (non-hydrogen) atoms. The van der Waals surface area contributed by atoms with E-state index in [4.69, 9.17) is 4.52 Å². The molecule has 0 saturated heterocycles. The van der Waals surface area contributed by atoms with Gasteiger partial charge in [-0.15, -0.1) is 0 Å². The third kappa shape index (κ3) is 3.23. The van der Waals surface area contributed by atoms with Crippen LogP contribution in [0, 0.1) is 6.92 Å². The van der Waals surface area contributed by atoms with Gasteiger partial charge in [0.05, 0.1) is 0 Å². The molecule has 2 heterocycles. The first kappa shape index (κ1) is 14.2. The minimum atomic E-state index is -0.296. The zero-order valence-corrected chi connectivity index (χ0v) is 11.9. The van der Waals surface area contributed by atoms with Crippen LogP contribution in [0.25, 0.3) is 0 Å². The van der Waals surface area contributed by atoms with Crippen molar-refractivity contribution in [3.8, 4) is 0 Å². The maximum atomic E-state index is 12.1. The monoisotopic (exact) mass is 277 g/mol. The molecule has 2 aromatic heterocycles. The van der Waals surface area contributed by atoms with Gasteiger partial charge >= 0.3 is 0 Å². The Balaban J connectivity index is 2.04. The highest BCUT2D eigenvalue weighted by molar-refractivity contribution is 5.92. The van der Waals surface area contributed by atoms with Gasteiger partial charge in [-0.25, -0.2) is 0 Å². The summed E-state index contributed by atoms with van der Waals surface area (Å²) < 4.78 is 5.09. The summed E-state index contributed by atoms with van der Waals surface area (Å²) in [7, 11) is 0. The first-order chi connectivity index (χ1) is 9.63. The van der Waals surface area contributed by atoms with Crippen molar-refractivity contribution in [2.75, 3.05) is 0 Å². The fourth-order valence-electron chi connectivity index (χ4n) is 1.90. The van der Waals surface area contributed by atoms with Crippen LogP contribution in [0.4, 0.5) is 0 Å². The number of carbonyl (C=O) groups is 1. The number of H-pyrrole nitrogens is 1. The van der Waals surface area contributed by atoms with E-state index in [0.29, 0.717) is 23.8 Å². The molecule has 0 aliphatic rings. The minimum absolute atomic E-state index is 0.244. The number of nitrogens with one attached hydrogen (secondary N) is 2.